The quantitative estimate of drug-likeness (QED) is 0.447. The molecule has 2 aliphatic rings. The van der Waals surface area contributed by atoms with E-state index in [1.165, 1.54) is 4.90 Å². The molecule has 5 rings (SSSR count). The van der Waals surface area contributed by atoms with Crippen molar-refractivity contribution >= 4 is 23.2 Å². The van der Waals surface area contributed by atoms with E-state index in [-0.39, 0.29) is 12.2 Å². The van der Waals surface area contributed by atoms with E-state index in [0.717, 1.165) is 16.7 Å². The van der Waals surface area contributed by atoms with Crippen molar-refractivity contribution in [3.05, 3.63) is 108 Å². The maximum atomic E-state index is 13.5. The van der Waals surface area contributed by atoms with Crippen LogP contribution in [-0.4, -0.2) is 38.4 Å². The predicted octanol–water partition coefficient (Wildman–Crippen LogP) is 4.06. The van der Waals surface area contributed by atoms with Crippen molar-refractivity contribution in [3.63, 3.8) is 0 Å². The molecule has 0 fully saturated rings. The third-order valence-electron chi connectivity index (χ3n) is 5.65. The van der Waals surface area contributed by atoms with E-state index >= 15 is 0 Å². The number of nitrogens with zero attached hydrogens (tertiary/aromatic N) is 3. The van der Waals surface area contributed by atoms with Gasteiger partial charge in [0.2, 0.25) is 0 Å². The molecule has 0 aliphatic carbocycles. The summed E-state index contributed by atoms with van der Waals surface area (Å²) in [7, 11) is 0. The number of benzene rings is 3. The van der Waals surface area contributed by atoms with E-state index in [1.54, 1.807) is 30.5 Å². The van der Waals surface area contributed by atoms with Crippen LogP contribution in [0.25, 0.3) is 5.70 Å². The molecule has 2 heterocycles. The summed E-state index contributed by atoms with van der Waals surface area (Å²) in [4.78, 5) is 29.0. The molecule has 2 N–H and O–H groups in total. The Morgan fingerprint density at radius 3 is 2.15 bits per heavy atom. The summed E-state index contributed by atoms with van der Waals surface area (Å²) in [6.45, 7) is 0. The lowest BCUT2D eigenvalue weighted by atomic mass is 10.0. The Labute approximate surface area is 190 Å². The zero-order valence-corrected chi connectivity index (χ0v) is 17.6. The molecular weight excluding hydrogens is 418 g/mol. The molecule has 0 saturated carbocycles. The van der Waals surface area contributed by atoms with Gasteiger partial charge < -0.3 is 5.11 Å². The number of amides is 1. The molecule has 1 atom stereocenters. The van der Waals surface area contributed by atoms with Crippen LogP contribution < -0.4 is 0 Å². The van der Waals surface area contributed by atoms with Crippen molar-refractivity contribution in [1.82, 2.24) is 4.90 Å². The summed E-state index contributed by atoms with van der Waals surface area (Å²) in [5.74, 6) is -0.0179. The normalized spacial score (nSPS) is 19.6. The topological polar surface area (TPSA) is 94.7 Å². The molecule has 1 amide bonds. The Morgan fingerprint density at radius 2 is 1.52 bits per heavy atom. The molecule has 0 saturated heterocycles. The molecule has 33 heavy (non-hydrogen) atoms. The number of phenols is 1. The van der Waals surface area contributed by atoms with Crippen molar-refractivity contribution in [2.75, 3.05) is 0 Å². The van der Waals surface area contributed by atoms with Gasteiger partial charge in [-0.1, -0.05) is 60.7 Å². The maximum Gasteiger partial charge on any atom is 0.291 e. The molecule has 3 aromatic carbocycles. The zero-order chi connectivity index (χ0) is 22.8. The lowest BCUT2D eigenvalue weighted by molar-refractivity contribution is -0.308. The Bertz CT molecular complexity index is 1270. The van der Waals surface area contributed by atoms with Gasteiger partial charge >= 0.3 is 0 Å². The first-order chi connectivity index (χ1) is 16.1. The number of aromatic hydroxyl groups is 1. The lowest BCUT2D eigenvalue weighted by Gasteiger charge is -2.24. The van der Waals surface area contributed by atoms with Crippen LogP contribution in [-0.2, 0) is 22.5 Å². The van der Waals surface area contributed by atoms with E-state index < -0.39 is 11.6 Å². The van der Waals surface area contributed by atoms with Gasteiger partial charge in [-0.05, 0) is 35.4 Å². The Balaban J connectivity index is 1.58. The molecule has 0 radical (unpaired) electrons. The van der Waals surface area contributed by atoms with Crippen LogP contribution in [0, 0.1) is 0 Å². The van der Waals surface area contributed by atoms with Gasteiger partial charge in [0.05, 0.1) is 11.4 Å². The van der Waals surface area contributed by atoms with Gasteiger partial charge in [0.15, 0.2) is 5.84 Å². The fraction of sp³-hybridized carbons (Fsp3) is 0.115. The molecule has 2 aliphatic heterocycles. The third kappa shape index (κ3) is 3.95. The summed E-state index contributed by atoms with van der Waals surface area (Å²) in [6, 6.07) is 25.6. The Hall–Kier alpha value is -4.07. The van der Waals surface area contributed by atoms with Crippen LogP contribution in [0.4, 0.5) is 0 Å². The lowest BCUT2D eigenvalue weighted by Crippen LogP contribution is -2.45. The minimum Gasteiger partial charge on any atom is -0.508 e. The molecule has 1 unspecified atom stereocenters. The summed E-state index contributed by atoms with van der Waals surface area (Å²) >= 11 is 0. The SMILES string of the molecule is O=C1N2C=C(c3ccc(O)cc3)N=C(Cc3ccccc3)C2=NC1(Cc1ccccc1)OO. The van der Waals surface area contributed by atoms with E-state index in [0.29, 0.717) is 23.7 Å². The minimum absolute atomic E-state index is 0.0736. The van der Waals surface area contributed by atoms with Crippen LogP contribution >= 0.6 is 0 Å². The second-order valence-electron chi connectivity index (χ2n) is 7.93. The monoisotopic (exact) mass is 439 g/mol. The van der Waals surface area contributed by atoms with E-state index in [9.17, 15) is 15.2 Å². The van der Waals surface area contributed by atoms with Crippen LogP contribution in [0.2, 0.25) is 0 Å². The average molecular weight is 439 g/mol. The smallest absolute Gasteiger partial charge is 0.291 e. The third-order valence-corrected chi connectivity index (χ3v) is 5.65. The van der Waals surface area contributed by atoms with Gasteiger partial charge in [0, 0.05) is 24.6 Å². The van der Waals surface area contributed by atoms with Gasteiger partial charge in [-0.15, -0.1) is 0 Å². The summed E-state index contributed by atoms with van der Waals surface area (Å²) in [5, 5.41) is 19.5. The molecule has 3 aromatic rings. The molecular formula is C26H21N3O4. The van der Waals surface area contributed by atoms with Crippen molar-refractivity contribution in [2.24, 2.45) is 9.98 Å². The van der Waals surface area contributed by atoms with Crippen molar-refractivity contribution in [2.45, 2.75) is 18.6 Å². The van der Waals surface area contributed by atoms with Crippen molar-refractivity contribution in [3.8, 4) is 5.75 Å². The first kappa shape index (κ1) is 20.8. The fourth-order valence-corrected chi connectivity index (χ4v) is 3.99. The highest BCUT2D eigenvalue weighted by atomic mass is 17.1. The van der Waals surface area contributed by atoms with Gasteiger partial charge in [-0.3, -0.25) is 9.69 Å². The first-order valence-corrected chi connectivity index (χ1v) is 10.5. The highest BCUT2D eigenvalue weighted by molar-refractivity contribution is 6.47. The van der Waals surface area contributed by atoms with Crippen LogP contribution in [0.1, 0.15) is 16.7 Å². The number of phenolic OH excluding ortho intramolecular Hbond substituents is 1. The molecule has 164 valence electrons. The Morgan fingerprint density at radius 1 is 0.879 bits per heavy atom. The number of hydrogen-bond acceptors (Lipinski definition) is 6. The number of hydrogen-bond donors (Lipinski definition) is 2. The summed E-state index contributed by atoms with van der Waals surface area (Å²) in [5.41, 5.74) is 1.86. The van der Waals surface area contributed by atoms with E-state index in [1.807, 2.05) is 60.7 Å². The van der Waals surface area contributed by atoms with Crippen molar-refractivity contribution < 1.29 is 20.0 Å². The van der Waals surface area contributed by atoms with Gasteiger partial charge in [0.25, 0.3) is 11.6 Å². The molecule has 0 bridgehead atoms. The van der Waals surface area contributed by atoms with E-state index in [2.05, 4.69) is 4.99 Å². The summed E-state index contributed by atoms with van der Waals surface area (Å²) in [6.07, 6.45) is 2.10. The van der Waals surface area contributed by atoms with Gasteiger partial charge in [-0.25, -0.2) is 15.2 Å². The van der Waals surface area contributed by atoms with Crippen LogP contribution in [0.5, 0.6) is 5.75 Å². The van der Waals surface area contributed by atoms with Gasteiger partial charge in [0.1, 0.15) is 5.75 Å². The average Bonchev–Trinajstić information content (AvgIpc) is 3.13. The highest BCUT2D eigenvalue weighted by Crippen LogP contribution is 2.34. The first-order valence-electron chi connectivity index (χ1n) is 10.5. The van der Waals surface area contributed by atoms with Crippen LogP contribution in [0.15, 0.2) is 101 Å². The second kappa shape index (κ2) is 8.46. The molecule has 0 aromatic heterocycles. The number of carbonyl (C=O) groups excluding carboxylic acids is 1. The second-order valence-corrected chi connectivity index (χ2v) is 7.93. The minimum atomic E-state index is -1.80. The van der Waals surface area contributed by atoms with E-state index in [4.69, 9.17) is 9.88 Å². The van der Waals surface area contributed by atoms with Crippen LogP contribution in [0.3, 0.4) is 0 Å². The molecule has 7 nitrogen and oxygen atoms in total. The number of rotatable bonds is 6. The molecule has 7 heteroatoms. The fourth-order valence-electron chi connectivity index (χ4n) is 3.99. The number of amidine groups is 1. The van der Waals surface area contributed by atoms with Gasteiger partial charge in [-0.2, -0.15) is 4.89 Å². The predicted molar refractivity (Wildman–Crippen MR) is 125 cm³/mol. The highest BCUT2D eigenvalue weighted by Gasteiger charge is 2.52. The number of carbonyl (C=O) groups is 1. The number of fused-ring (bicyclic) bond motifs is 1. The van der Waals surface area contributed by atoms with Crippen molar-refractivity contribution in [1.29, 1.82) is 0 Å². The molecule has 0 spiro atoms. The maximum absolute atomic E-state index is 13.5. The number of aliphatic imine (C=N–C) groups is 2. The summed E-state index contributed by atoms with van der Waals surface area (Å²) < 4.78 is 0. The largest absolute Gasteiger partial charge is 0.508 e. The standard InChI is InChI=1S/C26H21N3O4/c30-21-13-11-20(12-14-21)23-17-29-24(22(27-23)15-18-7-3-1-4-8-18)28-26(33-32,25(29)31)16-19-9-5-2-6-10-19/h1-14,17,30,32H,15-16H2. The Kier molecular flexibility index (Phi) is 5.34. The zero-order valence-electron chi connectivity index (χ0n) is 17.6.